The Balaban J connectivity index is 2.92. The van der Waals surface area contributed by atoms with Crippen LogP contribution in [0.3, 0.4) is 0 Å². The van der Waals surface area contributed by atoms with Gasteiger partial charge in [0.2, 0.25) is 0 Å². The zero-order valence-electron chi connectivity index (χ0n) is 14.0. The summed E-state index contributed by atoms with van der Waals surface area (Å²) < 4.78 is 0. The van der Waals surface area contributed by atoms with Crippen LogP contribution in [0.25, 0.3) is 0 Å². The minimum absolute atomic E-state index is 0.597. The van der Waals surface area contributed by atoms with Crippen molar-refractivity contribution in [1.82, 2.24) is 5.32 Å². The predicted octanol–water partition coefficient (Wildman–Crippen LogP) is 5.23. The Kier molecular flexibility index (Phi) is 7.91. The van der Waals surface area contributed by atoms with Gasteiger partial charge in [-0.2, -0.15) is 0 Å². The molecule has 1 aromatic carbocycles. The summed E-state index contributed by atoms with van der Waals surface area (Å²) in [4.78, 5) is 0. The van der Waals surface area contributed by atoms with Crippen molar-refractivity contribution < 1.29 is 0 Å². The van der Waals surface area contributed by atoms with Crippen LogP contribution in [0.1, 0.15) is 65.4 Å². The lowest BCUT2D eigenvalue weighted by Gasteiger charge is -2.33. The Hall–Kier alpha value is -0.820. The van der Waals surface area contributed by atoms with Gasteiger partial charge in [0.15, 0.2) is 0 Å². The Morgan fingerprint density at radius 3 is 2.10 bits per heavy atom. The topological polar surface area (TPSA) is 12.0 Å². The fourth-order valence-corrected chi connectivity index (χ4v) is 3.07. The first-order chi connectivity index (χ1) is 9.60. The molecule has 1 N–H and O–H groups in total. The van der Waals surface area contributed by atoms with Crippen molar-refractivity contribution in [3.05, 3.63) is 35.9 Å². The molecule has 0 amide bonds. The largest absolute Gasteiger partial charge is 0.314 e. The molecule has 0 aliphatic carbocycles. The molecule has 0 fully saturated rings. The summed E-state index contributed by atoms with van der Waals surface area (Å²) >= 11 is 0. The van der Waals surface area contributed by atoms with Gasteiger partial charge in [0.1, 0.15) is 0 Å². The maximum atomic E-state index is 3.75. The fourth-order valence-electron chi connectivity index (χ4n) is 3.07. The monoisotopic (exact) mass is 275 g/mol. The van der Waals surface area contributed by atoms with Gasteiger partial charge < -0.3 is 5.32 Å². The van der Waals surface area contributed by atoms with Crippen molar-refractivity contribution in [2.75, 3.05) is 6.54 Å². The number of nitrogens with one attached hydrogen (secondary N) is 1. The van der Waals surface area contributed by atoms with Gasteiger partial charge in [0.25, 0.3) is 0 Å². The molecule has 1 heteroatoms. The van der Waals surface area contributed by atoms with E-state index in [0.717, 1.165) is 12.5 Å². The minimum atomic E-state index is 0.597. The molecule has 0 spiro atoms. The van der Waals surface area contributed by atoms with E-state index in [2.05, 4.69) is 70.3 Å². The van der Waals surface area contributed by atoms with Crippen molar-refractivity contribution in [3.63, 3.8) is 0 Å². The minimum Gasteiger partial charge on any atom is -0.314 e. The molecule has 1 rings (SSSR count). The smallest absolute Gasteiger partial charge is 0.0138 e. The molecule has 0 saturated heterocycles. The van der Waals surface area contributed by atoms with Gasteiger partial charge in [-0.05, 0) is 36.8 Å². The van der Waals surface area contributed by atoms with E-state index in [4.69, 9.17) is 0 Å². The summed E-state index contributed by atoms with van der Waals surface area (Å²) in [7, 11) is 0. The molecule has 0 aliphatic heterocycles. The highest BCUT2D eigenvalue weighted by molar-refractivity contribution is 5.22. The highest BCUT2D eigenvalue weighted by atomic mass is 14.9. The van der Waals surface area contributed by atoms with Crippen LogP contribution < -0.4 is 5.32 Å². The van der Waals surface area contributed by atoms with Crippen LogP contribution in [0, 0.1) is 11.8 Å². The van der Waals surface area contributed by atoms with Crippen LogP contribution in [0.2, 0.25) is 0 Å². The number of hydrogen-bond acceptors (Lipinski definition) is 1. The summed E-state index contributed by atoms with van der Waals surface area (Å²) in [6, 6.07) is 11.7. The molecule has 0 aromatic heterocycles. The van der Waals surface area contributed by atoms with E-state index in [1.807, 2.05) is 0 Å². The van der Waals surface area contributed by atoms with E-state index in [0.29, 0.717) is 17.9 Å². The zero-order valence-corrected chi connectivity index (χ0v) is 14.0. The van der Waals surface area contributed by atoms with Gasteiger partial charge in [-0.3, -0.25) is 0 Å². The molecule has 3 atom stereocenters. The number of likely N-dealkylation sites (N-methyl/N-ethyl adjacent to an activating group) is 1. The van der Waals surface area contributed by atoms with Crippen LogP contribution in [-0.2, 0) is 0 Å². The van der Waals surface area contributed by atoms with E-state index in [9.17, 15) is 0 Å². The van der Waals surface area contributed by atoms with Crippen molar-refractivity contribution in [3.8, 4) is 0 Å². The first kappa shape index (κ1) is 17.2. The Morgan fingerprint density at radius 2 is 1.60 bits per heavy atom. The lowest BCUT2D eigenvalue weighted by atomic mass is 9.78. The van der Waals surface area contributed by atoms with Crippen molar-refractivity contribution in [2.45, 2.75) is 65.8 Å². The van der Waals surface area contributed by atoms with Gasteiger partial charge >= 0.3 is 0 Å². The van der Waals surface area contributed by atoms with Gasteiger partial charge in [0, 0.05) is 12.0 Å². The highest BCUT2D eigenvalue weighted by Crippen LogP contribution is 2.32. The second-order valence-electron chi connectivity index (χ2n) is 6.46. The lowest BCUT2D eigenvalue weighted by Crippen LogP contribution is -2.38. The number of rotatable bonds is 9. The SMILES string of the molecule is CCNC(CCC(C)C)C(c1ccccc1)C(C)CC. The summed E-state index contributed by atoms with van der Waals surface area (Å²) in [6.45, 7) is 12.6. The summed E-state index contributed by atoms with van der Waals surface area (Å²) in [6.07, 6.45) is 3.82. The molecule has 1 nitrogen and oxygen atoms in total. The van der Waals surface area contributed by atoms with Crippen LogP contribution in [0.5, 0.6) is 0 Å². The first-order valence-corrected chi connectivity index (χ1v) is 8.38. The third-order valence-corrected chi connectivity index (χ3v) is 4.40. The highest BCUT2D eigenvalue weighted by Gasteiger charge is 2.26. The maximum Gasteiger partial charge on any atom is 0.0138 e. The molecule has 0 saturated carbocycles. The standard InChI is InChI=1S/C19H33N/c1-6-16(5)19(17-11-9-8-10-12-17)18(20-7-2)14-13-15(3)4/h8-12,15-16,18-20H,6-7,13-14H2,1-5H3. The Bertz CT molecular complexity index is 344. The third-order valence-electron chi connectivity index (χ3n) is 4.40. The number of hydrogen-bond donors (Lipinski definition) is 1. The van der Waals surface area contributed by atoms with Crippen molar-refractivity contribution in [1.29, 1.82) is 0 Å². The normalized spacial score (nSPS) is 16.1. The van der Waals surface area contributed by atoms with Gasteiger partial charge in [0.05, 0.1) is 0 Å². The van der Waals surface area contributed by atoms with E-state index in [-0.39, 0.29) is 0 Å². The fraction of sp³-hybridized carbons (Fsp3) is 0.684. The molecule has 0 bridgehead atoms. The third kappa shape index (κ3) is 5.28. The summed E-state index contributed by atoms with van der Waals surface area (Å²) in [5.41, 5.74) is 1.50. The molecular formula is C19H33N. The van der Waals surface area contributed by atoms with Crippen LogP contribution in [0.15, 0.2) is 30.3 Å². The maximum absolute atomic E-state index is 3.75. The van der Waals surface area contributed by atoms with Gasteiger partial charge in [-0.15, -0.1) is 0 Å². The van der Waals surface area contributed by atoms with Crippen molar-refractivity contribution >= 4 is 0 Å². The lowest BCUT2D eigenvalue weighted by molar-refractivity contribution is 0.309. The molecule has 1 aromatic rings. The Labute approximate surface area is 126 Å². The van der Waals surface area contributed by atoms with E-state index < -0.39 is 0 Å². The predicted molar refractivity (Wildman–Crippen MR) is 90.2 cm³/mol. The van der Waals surface area contributed by atoms with Crippen LogP contribution in [0.4, 0.5) is 0 Å². The molecular weight excluding hydrogens is 242 g/mol. The van der Waals surface area contributed by atoms with Crippen molar-refractivity contribution in [2.24, 2.45) is 11.8 Å². The summed E-state index contributed by atoms with van der Waals surface area (Å²) in [5, 5.41) is 3.75. The van der Waals surface area contributed by atoms with Gasteiger partial charge in [-0.1, -0.05) is 71.4 Å². The van der Waals surface area contributed by atoms with Crippen LogP contribution >= 0.6 is 0 Å². The average Bonchev–Trinajstić information content (AvgIpc) is 2.45. The van der Waals surface area contributed by atoms with E-state index in [1.165, 1.54) is 24.8 Å². The second-order valence-corrected chi connectivity index (χ2v) is 6.46. The quantitative estimate of drug-likeness (QED) is 0.650. The molecule has 114 valence electrons. The van der Waals surface area contributed by atoms with Gasteiger partial charge in [-0.25, -0.2) is 0 Å². The molecule has 0 aliphatic rings. The summed E-state index contributed by atoms with van der Waals surface area (Å²) in [5.74, 6) is 2.12. The molecule has 3 unspecified atom stereocenters. The zero-order chi connectivity index (χ0) is 15.0. The molecule has 20 heavy (non-hydrogen) atoms. The Morgan fingerprint density at radius 1 is 0.950 bits per heavy atom. The van der Waals surface area contributed by atoms with Crippen LogP contribution in [-0.4, -0.2) is 12.6 Å². The molecule has 0 heterocycles. The first-order valence-electron chi connectivity index (χ1n) is 8.38. The van der Waals surface area contributed by atoms with E-state index >= 15 is 0 Å². The number of benzene rings is 1. The molecule has 0 radical (unpaired) electrons. The van der Waals surface area contributed by atoms with E-state index in [1.54, 1.807) is 0 Å². The average molecular weight is 275 g/mol. The second kappa shape index (κ2) is 9.18.